The first-order valence-electron chi connectivity index (χ1n) is 6.86. The highest BCUT2D eigenvalue weighted by molar-refractivity contribution is 5.71. The molecule has 1 heteroatoms. The first-order valence-corrected chi connectivity index (χ1v) is 6.86. The minimum Gasteiger partial charge on any atom is -0.312 e. The van der Waals surface area contributed by atoms with E-state index in [1.807, 2.05) is 0 Å². The Labute approximate surface area is 104 Å². The average Bonchev–Trinajstić information content (AvgIpc) is 2.39. The third-order valence-electron chi connectivity index (χ3n) is 4.19. The molecule has 0 saturated heterocycles. The number of rotatable bonds is 1. The van der Waals surface area contributed by atoms with Crippen LogP contribution in [0.3, 0.4) is 0 Å². The normalized spacial score (nSPS) is 20.3. The molecule has 1 aliphatic heterocycles. The molecule has 0 unspecified atom stereocenters. The Kier molecular flexibility index (Phi) is 3.02. The number of fused-ring (bicyclic) bond motifs is 1. The zero-order valence-electron chi connectivity index (χ0n) is 10.7. The Bertz CT molecular complexity index is 457. The lowest BCUT2D eigenvalue weighted by Crippen LogP contribution is -2.23. The molecule has 0 saturated carbocycles. The first kappa shape index (κ1) is 11.0. The lowest BCUT2D eigenvalue weighted by atomic mass is 9.87. The largest absolute Gasteiger partial charge is 0.312 e. The second kappa shape index (κ2) is 4.66. The van der Waals surface area contributed by atoms with Crippen LogP contribution < -0.4 is 5.32 Å². The van der Waals surface area contributed by atoms with Gasteiger partial charge in [0, 0.05) is 6.54 Å². The van der Waals surface area contributed by atoms with Crippen molar-refractivity contribution in [2.45, 2.75) is 39.0 Å². The molecule has 1 aromatic carbocycles. The Balaban J connectivity index is 1.98. The van der Waals surface area contributed by atoms with Crippen LogP contribution in [0.25, 0.3) is 5.57 Å². The van der Waals surface area contributed by atoms with Gasteiger partial charge in [0.2, 0.25) is 0 Å². The van der Waals surface area contributed by atoms with Gasteiger partial charge in [-0.15, -0.1) is 0 Å². The van der Waals surface area contributed by atoms with Crippen LogP contribution in [0.5, 0.6) is 0 Å². The molecule has 1 heterocycles. The third kappa shape index (κ3) is 2.16. The van der Waals surface area contributed by atoms with Crippen LogP contribution in [0.2, 0.25) is 0 Å². The molecule has 1 N–H and O–H groups in total. The van der Waals surface area contributed by atoms with Crippen LogP contribution in [0.4, 0.5) is 0 Å². The molecule has 90 valence electrons. The standard InChI is InChI=1S/C16H21N/c1-12-8-9-17-11-16(12)15-7-6-13-4-2-3-5-14(13)10-15/h6-7,10,17H,2-5,8-9,11H2,1H3. The van der Waals surface area contributed by atoms with Gasteiger partial charge in [-0.3, -0.25) is 0 Å². The van der Waals surface area contributed by atoms with Crippen LogP contribution in [0.15, 0.2) is 23.8 Å². The Morgan fingerprint density at radius 3 is 2.65 bits per heavy atom. The van der Waals surface area contributed by atoms with Crippen molar-refractivity contribution >= 4 is 5.57 Å². The summed E-state index contributed by atoms with van der Waals surface area (Å²) < 4.78 is 0. The number of aryl methyl sites for hydroxylation is 2. The van der Waals surface area contributed by atoms with E-state index >= 15 is 0 Å². The third-order valence-corrected chi connectivity index (χ3v) is 4.19. The Morgan fingerprint density at radius 1 is 1.00 bits per heavy atom. The van der Waals surface area contributed by atoms with E-state index in [1.165, 1.54) is 43.2 Å². The van der Waals surface area contributed by atoms with Crippen LogP contribution in [0, 0.1) is 0 Å². The summed E-state index contributed by atoms with van der Waals surface area (Å²) in [6.07, 6.45) is 6.50. The van der Waals surface area contributed by atoms with Crippen LogP contribution in [0.1, 0.15) is 42.9 Å². The predicted molar refractivity (Wildman–Crippen MR) is 73.2 cm³/mol. The maximum Gasteiger partial charge on any atom is 0.0211 e. The first-order chi connectivity index (χ1) is 8.34. The topological polar surface area (TPSA) is 12.0 Å². The lowest BCUT2D eigenvalue weighted by molar-refractivity contribution is 0.684. The molecule has 0 bridgehead atoms. The van der Waals surface area contributed by atoms with Crippen molar-refractivity contribution in [3.8, 4) is 0 Å². The number of benzene rings is 1. The molecule has 0 amide bonds. The monoisotopic (exact) mass is 227 g/mol. The molecule has 1 aromatic rings. The average molecular weight is 227 g/mol. The molecular weight excluding hydrogens is 206 g/mol. The summed E-state index contributed by atoms with van der Waals surface area (Å²) in [6, 6.07) is 7.13. The van der Waals surface area contributed by atoms with Crippen LogP contribution in [-0.4, -0.2) is 13.1 Å². The molecule has 0 spiro atoms. The Hall–Kier alpha value is -1.08. The van der Waals surface area contributed by atoms with E-state index in [-0.39, 0.29) is 0 Å². The zero-order valence-corrected chi connectivity index (χ0v) is 10.7. The maximum atomic E-state index is 3.49. The fourth-order valence-electron chi connectivity index (χ4n) is 3.06. The van der Waals surface area contributed by atoms with Crippen molar-refractivity contribution in [3.05, 3.63) is 40.5 Å². The molecule has 0 atom stereocenters. The fraction of sp³-hybridized carbons (Fsp3) is 0.500. The number of hydrogen-bond acceptors (Lipinski definition) is 1. The molecule has 17 heavy (non-hydrogen) atoms. The van der Waals surface area contributed by atoms with Gasteiger partial charge in [0.05, 0.1) is 0 Å². The van der Waals surface area contributed by atoms with Gasteiger partial charge in [-0.05, 0) is 67.8 Å². The number of nitrogens with one attached hydrogen (secondary N) is 1. The van der Waals surface area contributed by atoms with Gasteiger partial charge in [-0.1, -0.05) is 23.8 Å². The summed E-state index contributed by atoms with van der Waals surface area (Å²) in [6.45, 7) is 4.47. The summed E-state index contributed by atoms with van der Waals surface area (Å²) in [5, 5.41) is 3.49. The molecule has 0 radical (unpaired) electrons. The summed E-state index contributed by atoms with van der Waals surface area (Å²) >= 11 is 0. The van der Waals surface area contributed by atoms with Crippen LogP contribution >= 0.6 is 0 Å². The second-order valence-corrected chi connectivity index (χ2v) is 5.38. The lowest BCUT2D eigenvalue weighted by Gasteiger charge is -2.22. The molecular formula is C16H21N. The molecule has 0 aromatic heterocycles. The van der Waals surface area contributed by atoms with Crippen molar-refractivity contribution in [2.24, 2.45) is 0 Å². The highest BCUT2D eigenvalue weighted by Crippen LogP contribution is 2.28. The van der Waals surface area contributed by atoms with Crippen LogP contribution in [-0.2, 0) is 12.8 Å². The molecule has 1 nitrogen and oxygen atoms in total. The highest BCUT2D eigenvalue weighted by atomic mass is 14.9. The van der Waals surface area contributed by atoms with Gasteiger partial charge in [-0.25, -0.2) is 0 Å². The quantitative estimate of drug-likeness (QED) is 0.776. The van der Waals surface area contributed by atoms with Gasteiger partial charge in [0.25, 0.3) is 0 Å². The van der Waals surface area contributed by atoms with Crippen molar-refractivity contribution in [3.63, 3.8) is 0 Å². The zero-order chi connectivity index (χ0) is 11.7. The van der Waals surface area contributed by atoms with Crippen molar-refractivity contribution in [1.29, 1.82) is 0 Å². The SMILES string of the molecule is CC1=C(c2ccc3c(c2)CCCC3)CNCC1. The number of hydrogen-bond donors (Lipinski definition) is 1. The maximum absolute atomic E-state index is 3.49. The molecule has 2 aliphatic rings. The van der Waals surface area contributed by atoms with E-state index < -0.39 is 0 Å². The van der Waals surface area contributed by atoms with Crippen molar-refractivity contribution < 1.29 is 0 Å². The van der Waals surface area contributed by atoms with E-state index in [2.05, 4.69) is 30.4 Å². The predicted octanol–water partition coefficient (Wildman–Crippen LogP) is 3.33. The van der Waals surface area contributed by atoms with Gasteiger partial charge < -0.3 is 5.32 Å². The summed E-state index contributed by atoms with van der Waals surface area (Å²) in [7, 11) is 0. The van der Waals surface area contributed by atoms with E-state index in [0.717, 1.165) is 13.1 Å². The minimum absolute atomic E-state index is 1.05. The van der Waals surface area contributed by atoms with E-state index in [1.54, 1.807) is 16.7 Å². The van der Waals surface area contributed by atoms with Gasteiger partial charge in [0.15, 0.2) is 0 Å². The molecule has 3 rings (SSSR count). The van der Waals surface area contributed by atoms with Crippen molar-refractivity contribution in [1.82, 2.24) is 5.32 Å². The summed E-state index contributed by atoms with van der Waals surface area (Å²) in [4.78, 5) is 0. The molecule has 0 fully saturated rings. The fourth-order valence-corrected chi connectivity index (χ4v) is 3.06. The van der Waals surface area contributed by atoms with E-state index in [9.17, 15) is 0 Å². The van der Waals surface area contributed by atoms with E-state index in [4.69, 9.17) is 0 Å². The van der Waals surface area contributed by atoms with Gasteiger partial charge >= 0.3 is 0 Å². The van der Waals surface area contributed by atoms with Gasteiger partial charge in [-0.2, -0.15) is 0 Å². The second-order valence-electron chi connectivity index (χ2n) is 5.38. The minimum atomic E-state index is 1.05. The molecule has 1 aliphatic carbocycles. The smallest absolute Gasteiger partial charge is 0.0211 e. The van der Waals surface area contributed by atoms with E-state index in [0.29, 0.717) is 0 Å². The summed E-state index contributed by atoms with van der Waals surface area (Å²) in [5.74, 6) is 0. The van der Waals surface area contributed by atoms with Gasteiger partial charge in [0.1, 0.15) is 0 Å². The summed E-state index contributed by atoms with van der Waals surface area (Å²) in [5.41, 5.74) is 7.74. The highest BCUT2D eigenvalue weighted by Gasteiger charge is 2.14. The van der Waals surface area contributed by atoms with Crippen molar-refractivity contribution in [2.75, 3.05) is 13.1 Å². The Morgan fingerprint density at radius 2 is 1.82 bits per heavy atom.